The molecule has 0 radical (unpaired) electrons. The summed E-state index contributed by atoms with van der Waals surface area (Å²) >= 11 is 0. The van der Waals surface area contributed by atoms with E-state index in [9.17, 15) is 0 Å². The third-order valence-corrected chi connectivity index (χ3v) is 0.122. The summed E-state index contributed by atoms with van der Waals surface area (Å²) in [5.74, 6) is 0. The van der Waals surface area contributed by atoms with Gasteiger partial charge in [0, 0.05) is 0 Å². The maximum absolute atomic E-state index is 7.47. The van der Waals surface area contributed by atoms with Crippen molar-refractivity contribution in [2.45, 2.75) is 6.16 Å². The van der Waals surface area contributed by atoms with Crippen LogP contribution in [0.25, 0.3) is 0 Å². The summed E-state index contributed by atoms with van der Waals surface area (Å²) in [6.07, 6.45) is -3.40. The first-order chi connectivity index (χ1) is 2.56. The van der Waals surface area contributed by atoms with Crippen LogP contribution < -0.4 is 0 Å². The lowest BCUT2D eigenvalue weighted by Gasteiger charge is -2.05. The van der Waals surface area contributed by atoms with Crippen molar-refractivity contribution in [2.24, 2.45) is 0 Å². The minimum atomic E-state index is -3.40. The molecular formula is CH4O5. The van der Waals surface area contributed by atoms with Gasteiger partial charge in [0.25, 0.3) is 0 Å². The second kappa shape index (κ2) is 1.50. The van der Waals surface area contributed by atoms with Gasteiger partial charge in [0.15, 0.2) is 0 Å². The Labute approximate surface area is 33.0 Å². The summed E-state index contributed by atoms with van der Waals surface area (Å²) in [5, 5.41) is 29.5. The molecule has 0 atom stereocenters. The van der Waals surface area contributed by atoms with Gasteiger partial charge in [-0.2, -0.15) is 0 Å². The van der Waals surface area contributed by atoms with Crippen molar-refractivity contribution in [1.82, 2.24) is 0 Å². The Morgan fingerprint density at radius 2 is 1.33 bits per heavy atom. The first-order valence-electron chi connectivity index (χ1n) is 1.06. The van der Waals surface area contributed by atoms with Gasteiger partial charge in [-0.25, -0.2) is 5.26 Å². The van der Waals surface area contributed by atoms with Crippen molar-refractivity contribution in [2.75, 3.05) is 0 Å². The smallest absolute Gasteiger partial charge is 0.318 e. The van der Waals surface area contributed by atoms with Crippen LogP contribution in [0.1, 0.15) is 0 Å². The third-order valence-electron chi connectivity index (χ3n) is 0.122. The summed E-state index contributed by atoms with van der Waals surface area (Å²) in [7, 11) is 0. The zero-order chi connectivity index (χ0) is 5.21. The van der Waals surface area contributed by atoms with E-state index >= 15 is 0 Å². The highest BCUT2D eigenvalue weighted by Crippen LogP contribution is 1.87. The van der Waals surface area contributed by atoms with Crippen LogP contribution in [0.3, 0.4) is 0 Å². The fraction of sp³-hybridized carbons (Fsp3) is 1.00. The summed E-state index contributed by atoms with van der Waals surface area (Å²) in [5.41, 5.74) is 0. The van der Waals surface area contributed by atoms with E-state index in [4.69, 9.17) is 20.6 Å². The van der Waals surface area contributed by atoms with Crippen LogP contribution in [-0.2, 0) is 4.89 Å². The third kappa shape index (κ3) is 3.80. The van der Waals surface area contributed by atoms with Gasteiger partial charge in [-0.05, 0) is 0 Å². The highest BCUT2D eigenvalue weighted by molar-refractivity contribution is 4.04. The van der Waals surface area contributed by atoms with Gasteiger partial charge in [-0.3, -0.25) is 0 Å². The second-order valence-electron chi connectivity index (χ2n) is 0.665. The van der Waals surface area contributed by atoms with Crippen molar-refractivity contribution in [3.63, 3.8) is 0 Å². The highest BCUT2D eigenvalue weighted by Gasteiger charge is 2.17. The monoisotopic (exact) mass is 96.0 g/mol. The number of rotatable bonds is 1. The average molecular weight is 96.0 g/mol. The summed E-state index contributed by atoms with van der Waals surface area (Å²) < 4.78 is 0. The van der Waals surface area contributed by atoms with Crippen molar-refractivity contribution in [1.29, 1.82) is 0 Å². The maximum Gasteiger partial charge on any atom is 0.431 e. The molecule has 38 valence electrons. The Kier molecular flexibility index (Phi) is 1.45. The van der Waals surface area contributed by atoms with E-state index in [1.165, 1.54) is 0 Å². The van der Waals surface area contributed by atoms with E-state index in [0.29, 0.717) is 0 Å². The van der Waals surface area contributed by atoms with Crippen LogP contribution in [0.4, 0.5) is 0 Å². The number of hydrogen-bond donors (Lipinski definition) is 4. The van der Waals surface area contributed by atoms with Crippen molar-refractivity contribution >= 4 is 0 Å². The molecule has 0 aromatic rings. The molecule has 4 N–H and O–H groups in total. The predicted molar refractivity (Wildman–Crippen MR) is 13.1 cm³/mol. The molecule has 0 heterocycles. The molecule has 0 aromatic heterocycles. The zero-order valence-corrected chi connectivity index (χ0v) is 2.70. The molecule has 5 nitrogen and oxygen atoms in total. The Morgan fingerprint density at radius 3 is 1.33 bits per heavy atom. The molecule has 0 saturated carbocycles. The fourth-order valence-corrected chi connectivity index (χ4v) is 0. The number of hydrogen-bond acceptors (Lipinski definition) is 5. The molecule has 0 aliphatic heterocycles. The molecule has 0 amide bonds. The predicted octanol–water partition coefficient (Wildman–Crippen LogP) is -1.94. The molecular weight excluding hydrogens is 92.0 g/mol. The Bertz CT molecular complexity index is 33.7. The number of aliphatic hydroxyl groups is 3. The molecule has 6 heavy (non-hydrogen) atoms. The SMILES string of the molecule is OOC(O)(O)O. The maximum atomic E-state index is 7.47. The Balaban J connectivity index is 3.17. The van der Waals surface area contributed by atoms with E-state index in [1.807, 2.05) is 0 Å². The molecule has 0 aromatic carbocycles. The molecule has 5 heteroatoms. The van der Waals surface area contributed by atoms with Gasteiger partial charge in [-0.1, -0.05) is 0 Å². The van der Waals surface area contributed by atoms with E-state index in [2.05, 4.69) is 4.89 Å². The fourth-order valence-electron chi connectivity index (χ4n) is 0. The first kappa shape index (κ1) is 5.80. The normalized spacial score (nSPS) is 12.0. The van der Waals surface area contributed by atoms with Gasteiger partial charge in [0.2, 0.25) is 0 Å². The average Bonchev–Trinajstić information content (AvgIpc) is 1.35. The largest absolute Gasteiger partial charge is 0.431 e. The molecule has 0 aliphatic carbocycles. The van der Waals surface area contributed by atoms with E-state index in [0.717, 1.165) is 0 Å². The summed E-state index contributed by atoms with van der Waals surface area (Å²) in [6, 6.07) is 0. The van der Waals surface area contributed by atoms with Crippen LogP contribution >= 0.6 is 0 Å². The molecule has 0 bridgehead atoms. The molecule has 0 fully saturated rings. The summed E-state index contributed by atoms with van der Waals surface area (Å²) in [6.45, 7) is 0. The minimum Gasteiger partial charge on any atom is -0.318 e. The van der Waals surface area contributed by atoms with Crippen LogP contribution in [0.2, 0.25) is 0 Å². The summed E-state index contributed by atoms with van der Waals surface area (Å²) in [4.78, 5) is 2.60. The van der Waals surface area contributed by atoms with Gasteiger partial charge in [0.05, 0.1) is 0 Å². The minimum absolute atomic E-state index is 2.60. The van der Waals surface area contributed by atoms with Crippen molar-refractivity contribution in [3.8, 4) is 0 Å². The quantitative estimate of drug-likeness (QED) is 0.173. The van der Waals surface area contributed by atoms with Crippen LogP contribution in [0.15, 0.2) is 0 Å². The lowest BCUT2D eigenvalue weighted by molar-refractivity contribution is -0.550. The van der Waals surface area contributed by atoms with Gasteiger partial charge in [0.1, 0.15) is 0 Å². The molecule has 0 aliphatic rings. The van der Waals surface area contributed by atoms with Crippen molar-refractivity contribution < 1.29 is 25.5 Å². The van der Waals surface area contributed by atoms with Gasteiger partial charge < -0.3 is 15.3 Å². The molecule has 0 saturated heterocycles. The zero-order valence-electron chi connectivity index (χ0n) is 2.70. The van der Waals surface area contributed by atoms with Crippen LogP contribution in [0.5, 0.6) is 0 Å². The molecule has 0 spiro atoms. The lowest BCUT2D eigenvalue weighted by atomic mass is 11.2. The van der Waals surface area contributed by atoms with Gasteiger partial charge in [-0.15, -0.1) is 4.89 Å². The Hall–Kier alpha value is -0.200. The first-order valence-corrected chi connectivity index (χ1v) is 1.06. The second-order valence-corrected chi connectivity index (χ2v) is 0.665. The van der Waals surface area contributed by atoms with E-state index in [-0.39, 0.29) is 0 Å². The Morgan fingerprint density at radius 1 is 1.17 bits per heavy atom. The van der Waals surface area contributed by atoms with Crippen LogP contribution in [-0.4, -0.2) is 26.7 Å². The highest BCUT2D eigenvalue weighted by atomic mass is 17.2. The van der Waals surface area contributed by atoms with E-state index < -0.39 is 6.16 Å². The molecule has 0 rings (SSSR count). The van der Waals surface area contributed by atoms with E-state index in [1.54, 1.807) is 0 Å². The lowest BCUT2D eigenvalue weighted by Crippen LogP contribution is -2.29. The van der Waals surface area contributed by atoms with Gasteiger partial charge >= 0.3 is 6.16 Å². The standard InChI is InChI=1S/CH4O5/c2-1(3,4)6-5/h2-5H. The topological polar surface area (TPSA) is 90.2 Å². The molecule has 0 unspecified atom stereocenters. The van der Waals surface area contributed by atoms with Crippen molar-refractivity contribution in [3.05, 3.63) is 0 Å². The van der Waals surface area contributed by atoms with Crippen LogP contribution in [0, 0.1) is 0 Å².